The van der Waals surface area contributed by atoms with Crippen molar-refractivity contribution in [1.29, 1.82) is 0 Å². The van der Waals surface area contributed by atoms with Gasteiger partial charge in [0.05, 0.1) is 34.1 Å². The first kappa shape index (κ1) is 34.0. The molecule has 0 heterocycles. The van der Waals surface area contributed by atoms with E-state index in [1.807, 2.05) is 121 Å². The smallest absolute Gasteiger partial charge is 0.872 e. The molecule has 0 bridgehead atoms. The Morgan fingerprint density at radius 3 is 0.936 bits per heavy atom. The minimum Gasteiger partial charge on any atom is -0.872 e. The van der Waals surface area contributed by atoms with Crippen LogP contribution in [-0.4, -0.2) is 12.4 Å². The maximum atomic E-state index is 11.6. The molecule has 0 unspecified atom stereocenters. The van der Waals surface area contributed by atoms with Gasteiger partial charge in [-0.2, -0.15) is 20.5 Å². The molecule has 0 atom stereocenters. The molecule has 0 aliphatic carbocycles. The Balaban J connectivity index is 0.000000208. The Labute approximate surface area is 286 Å². The second-order valence-corrected chi connectivity index (χ2v) is 9.70. The molecule has 9 heteroatoms. The summed E-state index contributed by atoms with van der Waals surface area (Å²) in [6.07, 6.45) is 3.14. The third kappa shape index (κ3) is 11.2. The molecule has 8 nitrogen and oxygen atoms in total. The topological polar surface area (TPSA) is 120 Å². The Kier molecular flexibility index (Phi) is 13.1. The van der Waals surface area contributed by atoms with Crippen LogP contribution in [0.25, 0.3) is 0 Å². The molecule has 0 fully saturated rings. The largest absolute Gasteiger partial charge is 2.00 e. The Morgan fingerprint density at radius 2 is 0.596 bits per heavy atom. The zero-order chi connectivity index (χ0) is 31.8. The molecule has 0 radical (unpaired) electrons. The number of nitrogens with zero attached hydrogens (tertiary/aromatic N) is 6. The monoisotopic (exact) mass is 664 g/mol. The number of azo groups is 2. The number of benzene rings is 6. The van der Waals surface area contributed by atoms with E-state index < -0.39 is 0 Å². The molecule has 0 saturated carbocycles. The summed E-state index contributed by atoms with van der Waals surface area (Å²) in [5.74, 6) is -0.0749. The first-order valence-corrected chi connectivity index (χ1v) is 14.4. The maximum absolute atomic E-state index is 11.6. The quantitative estimate of drug-likeness (QED) is 0.0913. The molecule has 0 N–H and O–H groups in total. The van der Waals surface area contributed by atoms with Crippen molar-refractivity contribution in [3.63, 3.8) is 0 Å². The Bertz CT molecular complexity index is 1800. The summed E-state index contributed by atoms with van der Waals surface area (Å²) in [5, 5.41) is 39.9. The summed E-state index contributed by atoms with van der Waals surface area (Å²) in [4.78, 5) is 8.60. The summed E-state index contributed by atoms with van der Waals surface area (Å²) in [6.45, 7) is 0. The predicted molar refractivity (Wildman–Crippen MR) is 180 cm³/mol. The van der Waals surface area contributed by atoms with Crippen LogP contribution in [0.4, 0.5) is 34.1 Å². The third-order valence-corrected chi connectivity index (χ3v) is 6.32. The van der Waals surface area contributed by atoms with Crippen LogP contribution >= 0.6 is 0 Å². The first-order valence-electron chi connectivity index (χ1n) is 14.4. The van der Waals surface area contributed by atoms with Crippen molar-refractivity contribution in [1.82, 2.24) is 0 Å². The molecule has 224 valence electrons. The zero-order valence-corrected chi connectivity index (χ0v) is 28.3. The van der Waals surface area contributed by atoms with E-state index in [9.17, 15) is 10.2 Å². The van der Waals surface area contributed by atoms with Crippen molar-refractivity contribution in [2.75, 3.05) is 0 Å². The van der Waals surface area contributed by atoms with Crippen molar-refractivity contribution >= 4 is 46.6 Å². The maximum Gasteiger partial charge on any atom is 2.00 e. The number of hydrogen-bond donors (Lipinski definition) is 0. The average Bonchev–Trinajstić information content (AvgIpc) is 3.11. The molecule has 47 heavy (non-hydrogen) atoms. The molecule has 6 aromatic carbocycles. The summed E-state index contributed by atoms with van der Waals surface area (Å²) in [6, 6.07) is 47.4. The molecule has 0 aliphatic heterocycles. The van der Waals surface area contributed by atoms with Crippen LogP contribution in [0, 0.1) is 0 Å². The van der Waals surface area contributed by atoms with E-state index in [2.05, 4.69) is 30.4 Å². The second-order valence-electron chi connectivity index (χ2n) is 9.70. The van der Waals surface area contributed by atoms with E-state index in [4.69, 9.17) is 0 Å². The van der Waals surface area contributed by atoms with Gasteiger partial charge in [0.15, 0.2) is 0 Å². The van der Waals surface area contributed by atoms with Gasteiger partial charge in [0, 0.05) is 12.4 Å². The van der Waals surface area contributed by atoms with Crippen molar-refractivity contribution in [3.8, 4) is 11.5 Å². The molecule has 0 spiro atoms. The summed E-state index contributed by atoms with van der Waals surface area (Å²) < 4.78 is 0. The van der Waals surface area contributed by atoms with Crippen molar-refractivity contribution in [2.24, 2.45) is 30.4 Å². The van der Waals surface area contributed by atoms with Crippen LogP contribution < -0.4 is 10.2 Å². The van der Waals surface area contributed by atoms with Crippen LogP contribution in [0.5, 0.6) is 11.5 Å². The van der Waals surface area contributed by atoms with Gasteiger partial charge in [0.1, 0.15) is 0 Å². The van der Waals surface area contributed by atoms with Gasteiger partial charge in [-0.3, -0.25) is 9.98 Å². The Morgan fingerprint density at radius 1 is 0.319 bits per heavy atom. The van der Waals surface area contributed by atoms with Gasteiger partial charge in [-0.25, -0.2) is 0 Å². The van der Waals surface area contributed by atoms with Crippen molar-refractivity contribution < 1.29 is 29.7 Å². The minimum atomic E-state index is -0.0375. The molecule has 0 aliphatic rings. The van der Waals surface area contributed by atoms with E-state index in [-0.39, 0.29) is 31.0 Å². The third-order valence-electron chi connectivity index (χ3n) is 6.32. The molecule has 6 aromatic rings. The fourth-order valence-corrected chi connectivity index (χ4v) is 3.89. The standard InChI is InChI=1S/2C19H15N3O.Zn/c2*23-19-9-5-4-6-15(19)14-20-16-10-12-18(13-11-16)22-21-17-7-2-1-3-8-17;/h2*1-14,23H;/q;;+2/p-2. The second kappa shape index (κ2) is 18.1. The Hall–Kier alpha value is -5.92. The SMILES string of the molecule is [O-]c1ccccc1C=Nc1ccc(N=Nc2ccccc2)cc1.[O-]c1ccccc1C=Nc1ccc(N=Nc2ccccc2)cc1.[Zn+2]. The molecule has 0 aromatic heterocycles. The fourth-order valence-electron chi connectivity index (χ4n) is 3.89. The molecular formula is C38H28N6O2Zn. The molecular weight excluding hydrogens is 638 g/mol. The first-order chi connectivity index (χ1) is 22.6. The molecule has 0 saturated heterocycles. The number of para-hydroxylation sites is 2. The van der Waals surface area contributed by atoms with Gasteiger partial charge >= 0.3 is 19.5 Å². The van der Waals surface area contributed by atoms with Crippen LogP contribution in [0.2, 0.25) is 0 Å². The summed E-state index contributed by atoms with van der Waals surface area (Å²) in [7, 11) is 0. The van der Waals surface area contributed by atoms with E-state index in [0.717, 1.165) is 34.1 Å². The normalized spacial score (nSPS) is 11.1. The fraction of sp³-hybridized carbons (Fsp3) is 0. The van der Waals surface area contributed by atoms with Gasteiger partial charge in [0.25, 0.3) is 0 Å². The summed E-state index contributed by atoms with van der Waals surface area (Å²) >= 11 is 0. The number of hydrogen-bond acceptors (Lipinski definition) is 8. The van der Waals surface area contributed by atoms with Gasteiger partial charge < -0.3 is 10.2 Å². The van der Waals surface area contributed by atoms with Crippen molar-refractivity contribution in [3.05, 3.63) is 169 Å². The minimum absolute atomic E-state index is 0. The van der Waals surface area contributed by atoms with Crippen LogP contribution in [0.1, 0.15) is 11.1 Å². The van der Waals surface area contributed by atoms with E-state index in [1.165, 1.54) is 12.1 Å². The van der Waals surface area contributed by atoms with Gasteiger partial charge in [-0.15, -0.1) is 11.5 Å². The van der Waals surface area contributed by atoms with Gasteiger partial charge in [-0.1, -0.05) is 84.9 Å². The van der Waals surface area contributed by atoms with Crippen molar-refractivity contribution in [2.45, 2.75) is 0 Å². The molecule has 0 amide bonds. The zero-order valence-electron chi connectivity index (χ0n) is 25.4. The van der Waals surface area contributed by atoms with E-state index in [1.54, 1.807) is 36.7 Å². The summed E-state index contributed by atoms with van der Waals surface area (Å²) in [5.41, 5.74) is 5.76. The average molecular weight is 666 g/mol. The van der Waals surface area contributed by atoms with E-state index in [0.29, 0.717) is 11.1 Å². The van der Waals surface area contributed by atoms with Gasteiger partial charge in [0.2, 0.25) is 0 Å². The van der Waals surface area contributed by atoms with Crippen LogP contribution in [-0.2, 0) is 19.5 Å². The van der Waals surface area contributed by atoms with E-state index >= 15 is 0 Å². The number of rotatable bonds is 8. The number of aliphatic imine (C=N–C) groups is 2. The van der Waals surface area contributed by atoms with Crippen LogP contribution in [0.3, 0.4) is 0 Å². The molecule has 6 rings (SSSR count). The van der Waals surface area contributed by atoms with Gasteiger partial charge in [-0.05, 0) is 83.9 Å². The van der Waals surface area contributed by atoms with Crippen LogP contribution in [0.15, 0.2) is 188 Å². The predicted octanol–water partition coefficient (Wildman–Crippen LogP) is 9.85.